The molecule has 1 N–H and O–H groups in total. The molecule has 2 heterocycles. The number of carboxylic acids is 1. The van der Waals surface area contributed by atoms with Gasteiger partial charge in [0.05, 0.1) is 0 Å². The number of pyridine rings is 1. The third-order valence-corrected chi connectivity index (χ3v) is 5.61. The number of piperazine rings is 1. The largest absolute Gasteiger partial charge is 0.476 e. The van der Waals surface area contributed by atoms with E-state index in [0.29, 0.717) is 5.56 Å². The number of hydrogen-bond donors (Lipinski definition) is 1. The van der Waals surface area contributed by atoms with E-state index in [4.69, 9.17) is 4.74 Å². The molecule has 1 amide bonds. The lowest BCUT2D eigenvalue weighted by molar-refractivity contribution is -0.0162. The average Bonchev–Trinajstić information content (AvgIpc) is 2.66. The highest BCUT2D eigenvalue weighted by Crippen LogP contribution is 2.27. The molecule has 1 aliphatic rings. The van der Waals surface area contributed by atoms with Gasteiger partial charge in [0.2, 0.25) is 0 Å². The Labute approximate surface area is 190 Å². The number of aryl methyl sites for hydroxylation is 1. The summed E-state index contributed by atoms with van der Waals surface area (Å²) in [6, 6.07) is 9.88. The normalized spacial score (nSPS) is 19.6. The van der Waals surface area contributed by atoms with Gasteiger partial charge in [-0.25, -0.2) is 14.6 Å². The molecule has 7 heteroatoms. The summed E-state index contributed by atoms with van der Waals surface area (Å²) < 4.78 is 5.58. The van der Waals surface area contributed by atoms with Crippen molar-refractivity contribution in [1.82, 2.24) is 14.8 Å². The van der Waals surface area contributed by atoms with Gasteiger partial charge >= 0.3 is 12.1 Å². The maximum atomic E-state index is 12.6. The molecule has 0 radical (unpaired) electrons. The van der Waals surface area contributed by atoms with Crippen LogP contribution in [0.3, 0.4) is 0 Å². The topological polar surface area (TPSA) is 83.0 Å². The van der Waals surface area contributed by atoms with Crippen LogP contribution in [0.25, 0.3) is 11.1 Å². The summed E-state index contributed by atoms with van der Waals surface area (Å²) in [4.78, 5) is 32.4. The van der Waals surface area contributed by atoms with Gasteiger partial charge in [-0.05, 0) is 64.3 Å². The van der Waals surface area contributed by atoms with E-state index in [2.05, 4.69) is 9.88 Å². The minimum absolute atomic E-state index is 0.0454. The molecule has 1 aliphatic heterocycles. The molecule has 1 fully saturated rings. The fourth-order valence-electron chi connectivity index (χ4n) is 4.36. The molecule has 0 aliphatic carbocycles. The molecule has 0 unspecified atom stereocenters. The first-order chi connectivity index (χ1) is 15.0. The van der Waals surface area contributed by atoms with Crippen LogP contribution in [0.2, 0.25) is 0 Å². The molecule has 0 spiro atoms. The molecule has 2 aromatic rings. The zero-order valence-corrected chi connectivity index (χ0v) is 19.8. The van der Waals surface area contributed by atoms with Gasteiger partial charge in [-0.15, -0.1) is 0 Å². The molecule has 32 heavy (non-hydrogen) atoms. The third kappa shape index (κ3) is 5.46. The standard InChI is InChI=1S/C25H33N3O4/c1-16-11-12-26-22(23(29)30)21(16)20-9-7-19(8-10-20)15-27-13-17(2)28(18(3)14-27)24(31)32-25(4,5)6/h7-12,17-18H,13-15H2,1-6H3,(H,29,30)/t17-,18+. The van der Waals surface area contributed by atoms with Crippen molar-refractivity contribution in [3.05, 3.63) is 53.3 Å². The number of aromatic carboxylic acids is 1. The molecule has 172 valence electrons. The highest BCUT2D eigenvalue weighted by molar-refractivity contribution is 5.94. The molecule has 7 nitrogen and oxygen atoms in total. The van der Waals surface area contributed by atoms with Gasteiger partial charge in [0.1, 0.15) is 5.60 Å². The quantitative estimate of drug-likeness (QED) is 0.751. The molecule has 1 saturated heterocycles. The minimum atomic E-state index is -1.03. The zero-order chi connectivity index (χ0) is 23.6. The number of nitrogens with zero attached hydrogens (tertiary/aromatic N) is 3. The minimum Gasteiger partial charge on any atom is -0.476 e. The summed E-state index contributed by atoms with van der Waals surface area (Å²) in [5.41, 5.74) is 3.07. The Morgan fingerprint density at radius 1 is 1.09 bits per heavy atom. The van der Waals surface area contributed by atoms with Crippen LogP contribution in [0.1, 0.15) is 56.2 Å². The Bertz CT molecular complexity index is 970. The van der Waals surface area contributed by atoms with Crippen LogP contribution in [0.5, 0.6) is 0 Å². The predicted molar refractivity (Wildman–Crippen MR) is 124 cm³/mol. The Balaban J connectivity index is 1.70. The Morgan fingerprint density at radius 3 is 2.22 bits per heavy atom. The highest BCUT2D eigenvalue weighted by atomic mass is 16.6. The predicted octanol–water partition coefficient (Wildman–Crippen LogP) is 4.58. The second kappa shape index (κ2) is 9.28. The number of benzene rings is 1. The van der Waals surface area contributed by atoms with Crippen LogP contribution in [0.4, 0.5) is 4.79 Å². The summed E-state index contributed by atoms with van der Waals surface area (Å²) in [5.74, 6) is -1.03. The van der Waals surface area contributed by atoms with E-state index in [1.165, 1.54) is 6.20 Å². The molecule has 0 saturated carbocycles. The first-order valence-corrected chi connectivity index (χ1v) is 11.0. The van der Waals surface area contributed by atoms with Crippen molar-refractivity contribution in [2.24, 2.45) is 0 Å². The summed E-state index contributed by atoms with van der Waals surface area (Å²) in [7, 11) is 0. The van der Waals surface area contributed by atoms with Crippen molar-refractivity contribution in [3.63, 3.8) is 0 Å². The van der Waals surface area contributed by atoms with Crippen molar-refractivity contribution in [2.75, 3.05) is 13.1 Å². The molecule has 2 atom stereocenters. The van der Waals surface area contributed by atoms with Crippen molar-refractivity contribution < 1.29 is 19.4 Å². The Morgan fingerprint density at radius 2 is 1.69 bits per heavy atom. The zero-order valence-electron chi connectivity index (χ0n) is 19.8. The average molecular weight is 440 g/mol. The first-order valence-electron chi connectivity index (χ1n) is 11.0. The number of carboxylic acid groups (broad SMARTS) is 1. The van der Waals surface area contributed by atoms with Gasteiger partial charge in [0.25, 0.3) is 0 Å². The van der Waals surface area contributed by atoms with Crippen LogP contribution in [0, 0.1) is 6.92 Å². The summed E-state index contributed by atoms with van der Waals surface area (Å²) in [5, 5.41) is 9.49. The first kappa shape index (κ1) is 23.7. The maximum Gasteiger partial charge on any atom is 0.410 e. The monoisotopic (exact) mass is 439 g/mol. The Hall–Kier alpha value is -2.93. The molecule has 1 aromatic carbocycles. The van der Waals surface area contributed by atoms with Gasteiger partial charge in [0.15, 0.2) is 5.69 Å². The van der Waals surface area contributed by atoms with E-state index in [9.17, 15) is 14.7 Å². The van der Waals surface area contributed by atoms with Crippen molar-refractivity contribution in [3.8, 4) is 11.1 Å². The van der Waals surface area contributed by atoms with Crippen molar-refractivity contribution >= 4 is 12.1 Å². The highest BCUT2D eigenvalue weighted by Gasteiger charge is 2.35. The van der Waals surface area contributed by atoms with E-state index < -0.39 is 11.6 Å². The Kier molecular flexibility index (Phi) is 6.88. The van der Waals surface area contributed by atoms with Gasteiger partial charge in [-0.3, -0.25) is 4.90 Å². The number of hydrogen-bond acceptors (Lipinski definition) is 5. The second-order valence-corrected chi connectivity index (χ2v) is 9.63. The van der Waals surface area contributed by atoms with E-state index in [1.807, 2.05) is 76.8 Å². The summed E-state index contributed by atoms with van der Waals surface area (Å²) >= 11 is 0. The molecule has 1 aromatic heterocycles. The smallest absolute Gasteiger partial charge is 0.410 e. The van der Waals surface area contributed by atoms with Gasteiger partial charge in [-0.2, -0.15) is 0 Å². The number of carbonyl (C=O) groups is 2. The SMILES string of the molecule is Cc1ccnc(C(=O)O)c1-c1ccc(CN2C[C@@H](C)N(C(=O)OC(C)(C)C)[C@@H](C)C2)cc1. The lowest BCUT2D eigenvalue weighted by atomic mass is 9.97. The van der Waals surface area contributed by atoms with Crippen LogP contribution in [0.15, 0.2) is 36.5 Å². The van der Waals surface area contributed by atoms with E-state index in [-0.39, 0.29) is 23.9 Å². The van der Waals surface area contributed by atoms with Crippen LogP contribution in [-0.2, 0) is 11.3 Å². The summed E-state index contributed by atoms with van der Waals surface area (Å²) in [6.07, 6.45) is 1.26. The number of aromatic nitrogens is 1. The molecule has 0 bridgehead atoms. The van der Waals surface area contributed by atoms with E-state index in [0.717, 1.165) is 36.3 Å². The fraction of sp³-hybridized carbons (Fsp3) is 0.480. The van der Waals surface area contributed by atoms with Gasteiger partial charge < -0.3 is 14.7 Å². The van der Waals surface area contributed by atoms with Crippen LogP contribution in [-0.4, -0.2) is 62.7 Å². The number of ether oxygens (including phenoxy) is 1. The fourth-order valence-corrected chi connectivity index (χ4v) is 4.36. The van der Waals surface area contributed by atoms with Gasteiger partial charge in [0, 0.05) is 43.5 Å². The molecule has 3 rings (SSSR count). The van der Waals surface area contributed by atoms with Crippen LogP contribution < -0.4 is 0 Å². The van der Waals surface area contributed by atoms with Crippen molar-refractivity contribution in [1.29, 1.82) is 0 Å². The van der Waals surface area contributed by atoms with Crippen molar-refractivity contribution in [2.45, 2.75) is 65.8 Å². The summed E-state index contributed by atoms with van der Waals surface area (Å²) in [6.45, 7) is 13.9. The van der Waals surface area contributed by atoms with E-state index >= 15 is 0 Å². The van der Waals surface area contributed by atoms with Gasteiger partial charge in [-0.1, -0.05) is 24.3 Å². The lowest BCUT2D eigenvalue weighted by Gasteiger charge is -2.44. The second-order valence-electron chi connectivity index (χ2n) is 9.63. The van der Waals surface area contributed by atoms with E-state index in [1.54, 1.807) is 0 Å². The molecular weight excluding hydrogens is 406 g/mol. The number of amides is 1. The third-order valence-electron chi connectivity index (χ3n) is 5.61. The van der Waals surface area contributed by atoms with Crippen LogP contribution >= 0.6 is 0 Å². The number of carbonyl (C=O) groups excluding carboxylic acids is 1. The maximum absolute atomic E-state index is 12.6. The molecular formula is C25H33N3O4. The lowest BCUT2D eigenvalue weighted by Crippen LogP contribution is -2.59. The number of rotatable bonds is 4.